The third-order valence-corrected chi connectivity index (χ3v) is 4.80. The fourth-order valence-corrected chi connectivity index (χ4v) is 3.24. The van der Waals surface area contributed by atoms with Crippen LogP contribution < -0.4 is 5.32 Å². The number of ether oxygens (including phenoxy) is 1. The summed E-state index contributed by atoms with van der Waals surface area (Å²) in [6, 6.07) is 12.6. The summed E-state index contributed by atoms with van der Waals surface area (Å²) in [4.78, 5) is 12.1. The Morgan fingerprint density at radius 2 is 1.84 bits per heavy atom. The van der Waals surface area contributed by atoms with Crippen molar-refractivity contribution in [2.24, 2.45) is 0 Å². The highest BCUT2D eigenvalue weighted by molar-refractivity contribution is 9.10. The van der Waals surface area contributed by atoms with Gasteiger partial charge in [-0.1, -0.05) is 46.3 Å². The quantitative estimate of drug-likeness (QED) is 0.730. The largest absolute Gasteiger partial charge is 0.445 e. The SMILES string of the molecule is O=C(NC1(c2cc(C(F)(F)F)ccc2Br)CC1)OCc1ccccc1. The number of amides is 1. The number of rotatable bonds is 4. The molecule has 25 heavy (non-hydrogen) atoms. The van der Waals surface area contributed by atoms with Gasteiger partial charge in [0.25, 0.3) is 0 Å². The Bertz CT molecular complexity index is 774. The average molecular weight is 414 g/mol. The van der Waals surface area contributed by atoms with Crippen LogP contribution in [0.5, 0.6) is 0 Å². The topological polar surface area (TPSA) is 38.3 Å². The third kappa shape index (κ3) is 4.15. The Balaban J connectivity index is 1.71. The molecule has 0 aliphatic heterocycles. The van der Waals surface area contributed by atoms with Gasteiger partial charge in [0.05, 0.1) is 11.1 Å². The molecule has 0 atom stereocenters. The first-order valence-corrected chi connectivity index (χ1v) is 8.46. The zero-order chi connectivity index (χ0) is 18.1. The lowest BCUT2D eigenvalue weighted by atomic mass is 10.0. The highest BCUT2D eigenvalue weighted by Gasteiger charge is 2.48. The molecule has 2 aromatic rings. The minimum absolute atomic E-state index is 0.104. The van der Waals surface area contributed by atoms with Crippen molar-refractivity contribution >= 4 is 22.0 Å². The van der Waals surface area contributed by atoms with Gasteiger partial charge in [-0.05, 0) is 42.2 Å². The molecule has 1 fully saturated rings. The number of alkyl carbamates (subject to hydrolysis) is 1. The van der Waals surface area contributed by atoms with Crippen LogP contribution in [-0.4, -0.2) is 6.09 Å². The van der Waals surface area contributed by atoms with Crippen LogP contribution >= 0.6 is 15.9 Å². The molecule has 132 valence electrons. The summed E-state index contributed by atoms with van der Waals surface area (Å²) in [5.74, 6) is 0. The third-order valence-electron chi connectivity index (χ3n) is 4.11. The first-order valence-electron chi connectivity index (χ1n) is 7.66. The van der Waals surface area contributed by atoms with Crippen molar-refractivity contribution in [2.45, 2.75) is 31.2 Å². The highest BCUT2D eigenvalue weighted by Crippen LogP contribution is 2.49. The van der Waals surface area contributed by atoms with Gasteiger partial charge in [0, 0.05) is 4.47 Å². The second-order valence-electron chi connectivity index (χ2n) is 5.96. The van der Waals surface area contributed by atoms with Crippen LogP contribution in [0, 0.1) is 0 Å². The van der Waals surface area contributed by atoms with E-state index in [0.29, 0.717) is 22.9 Å². The van der Waals surface area contributed by atoms with Crippen molar-refractivity contribution in [3.8, 4) is 0 Å². The van der Waals surface area contributed by atoms with E-state index < -0.39 is 23.4 Å². The van der Waals surface area contributed by atoms with Gasteiger partial charge < -0.3 is 10.1 Å². The number of nitrogens with one attached hydrogen (secondary N) is 1. The molecule has 0 bridgehead atoms. The Morgan fingerprint density at radius 1 is 1.16 bits per heavy atom. The molecule has 0 heterocycles. The first-order chi connectivity index (χ1) is 11.8. The van der Waals surface area contributed by atoms with E-state index in [2.05, 4.69) is 21.2 Å². The summed E-state index contributed by atoms with van der Waals surface area (Å²) in [6.07, 6.45) is -3.95. The molecule has 1 aliphatic rings. The van der Waals surface area contributed by atoms with Crippen molar-refractivity contribution in [3.63, 3.8) is 0 Å². The van der Waals surface area contributed by atoms with Crippen LogP contribution in [0.25, 0.3) is 0 Å². The molecule has 0 saturated heterocycles. The zero-order valence-corrected chi connectivity index (χ0v) is 14.7. The molecule has 0 spiro atoms. The maximum Gasteiger partial charge on any atom is 0.416 e. The fourth-order valence-electron chi connectivity index (χ4n) is 2.61. The Hall–Kier alpha value is -2.02. The maximum atomic E-state index is 13.0. The summed E-state index contributed by atoms with van der Waals surface area (Å²) in [5, 5.41) is 2.71. The molecule has 0 unspecified atom stereocenters. The van der Waals surface area contributed by atoms with E-state index in [0.717, 1.165) is 17.7 Å². The van der Waals surface area contributed by atoms with Crippen LogP contribution in [0.4, 0.5) is 18.0 Å². The monoisotopic (exact) mass is 413 g/mol. The van der Waals surface area contributed by atoms with Gasteiger partial charge in [0.2, 0.25) is 0 Å². The van der Waals surface area contributed by atoms with Crippen molar-refractivity contribution in [2.75, 3.05) is 0 Å². The molecule has 0 radical (unpaired) electrons. The lowest BCUT2D eigenvalue weighted by molar-refractivity contribution is -0.137. The molecule has 2 aromatic carbocycles. The van der Waals surface area contributed by atoms with E-state index in [-0.39, 0.29) is 6.61 Å². The van der Waals surface area contributed by atoms with Gasteiger partial charge in [-0.25, -0.2) is 4.79 Å². The Labute approximate surface area is 151 Å². The summed E-state index contributed by atoms with van der Waals surface area (Å²) in [5.41, 5.74) is -0.299. The molecule has 3 rings (SSSR count). The van der Waals surface area contributed by atoms with Crippen LogP contribution in [0.15, 0.2) is 53.0 Å². The number of hydrogen-bond acceptors (Lipinski definition) is 2. The number of benzene rings is 2. The predicted molar refractivity (Wildman–Crippen MR) is 89.8 cm³/mol. The van der Waals surface area contributed by atoms with Crippen molar-refractivity contribution in [1.29, 1.82) is 0 Å². The molecule has 3 nitrogen and oxygen atoms in total. The van der Waals surface area contributed by atoms with E-state index in [1.54, 1.807) is 0 Å². The minimum Gasteiger partial charge on any atom is -0.445 e. The van der Waals surface area contributed by atoms with E-state index in [4.69, 9.17) is 4.74 Å². The van der Waals surface area contributed by atoms with E-state index in [1.807, 2.05) is 30.3 Å². The lowest BCUT2D eigenvalue weighted by Crippen LogP contribution is -2.35. The van der Waals surface area contributed by atoms with Crippen molar-refractivity contribution in [1.82, 2.24) is 5.32 Å². The summed E-state index contributed by atoms with van der Waals surface area (Å²) in [7, 11) is 0. The second-order valence-corrected chi connectivity index (χ2v) is 6.82. The van der Waals surface area contributed by atoms with Crippen molar-refractivity contribution in [3.05, 3.63) is 69.7 Å². The van der Waals surface area contributed by atoms with Gasteiger partial charge in [-0.2, -0.15) is 13.2 Å². The fraction of sp³-hybridized carbons (Fsp3) is 0.278. The number of hydrogen-bond donors (Lipinski definition) is 1. The van der Waals surface area contributed by atoms with Gasteiger partial charge in [0.1, 0.15) is 6.61 Å². The van der Waals surface area contributed by atoms with Gasteiger partial charge in [-0.15, -0.1) is 0 Å². The molecule has 1 amide bonds. The van der Waals surface area contributed by atoms with Crippen molar-refractivity contribution < 1.29 is 22.7 Å². The Morgan fingerprint density at radius 3 is 2.44 bits per heavy atom. The first kappa shape index (κ1) is 17.8. The minimum atomic E-state index is -4.43. The normalized spacial score (nSPS) is 15.5. The summed E-state index contributed by atoms with van der Waals surface area (Å²) in [6.45, 7) is 0.104. The standard InChI is InChI=1S/C18H15BrF3NO2/c19-15-7-6-13(18(20,21)22)10-14(15)17(8-9-17)23-16(24)25-11-12-4-2-1-3-5-12/h1-7,10H,8-9,11H2,(H,23,24). The number of carbonyl (C=O) groups is 1. The number of halogens is 4. The number of alkyl halides is 3. The average Bonchev–Trinajstić information content (AvgIpc) is 3.33. The van der Waals surface area contributed by atoms with Gasteiger partial charge in [-0.3, -0.25) is 0 Å². The Kier molecular flexibility index (Phi) is 4.77. The summed E-state index contributed by atoms with van der Waals surface area (Å²) >= 11 is 3.28. The van der Waals surface area contributed by atoms with Crippen LogP contribution in [0.3, 0.4) is 0 Å². The van der Waals surface area contributed by atoms with Crippen LogP contribution in [-0.2, 0) is 23.1 Å². The zero-order valence-electron chi connectivity index (χ0n) is 13.1. The number of carbonyl (C=O) groups excluding carboxylic acids is 1. The molecular weight excluding hydrogens is 399 g/mol. The van der Waals surface area contributed by atoms with E-state index >= 15 is 0 Å². The molecule has 1 aliphatic carbocycles. The molecular formula is C18H15BrF3NO2. The second kappa shape index (κ2) is 6.71. The van der Waals surface area contributed by atoms with Crippen LogP contribution in [0.1, 0.15) is 29.5 Å². The molecule has 1 N–H and O–H groups in total. The molecule has 7 heteroatoms. The maximum absolute atomic E-state index is 13.0. The highest BCUT2D eigenvalue weighted by atomic mass is 79.9. The lowest BCUT2D eigenvalue weighted by Gasteiger charge is -2.20. The molecule has 0 aromatic heterocycles. The van der Waals surface area contributed by atoms with Crippen LogP contribution in [0.2, 0.25) is 0 Å². The summed E-state index contributed by atoms with van der Waals surface area (Å²) < 4.78 is 44.6. The van der Waals surface area contributed by atoms with E-state index in [9.17, 15) is 18.0 Å². The molecule has 1 saturated carbocycles. The van der Waals surface area contributed by atoms with Gasteiger partial charge >= 0.3 is 12.3 Å². The predicted octanol–water partition coefficient (Wildman–Crippen LogP) is 5.38. The van der Waals surface area contributed by atoms with Gasteiger partial charge in [0.15, 0.2) is 0 Å². The van der Waals surface area contributed by atoms with E-state index in [1.165, 1.54) is 6.07 Å². The smallest absolute Gasteiger partial charge is 0.416 e.